The van der Waals surface area contributed by atoms with Crippen LogP contribution in [0.1, 0.15) is 68.2 Å². The van der Waals surface area contributed by atoms with Crippen molar-refractivity contribution in [1.29, 1.82) is 0 Å². The molecule has 2 aromatic carbocycles. The van der Waals surface area contributed by atoms with Crippen molar-refractivity contribution in [1.82, 2.24) is 19.8 Å². The first-order valence-corrected chi connectivity index (χ1v) is 16.6. The molecule has 2 aliphatic heterocycles. The Balaban J connectivity index is 0.000000244. The van der Waals surface area contributed by atoms with E-state index < -0.39 is 11.2 Å². The van der Waals surface area contributed by atoms with E-state index in [1.807, 2.05) is 65.9 Å². The number of aliphatic hydroxyl groups is 2. The van der Waals surface area contributed by atoms with Crippen LogP contribution in [0, 0.1) is 27.7 Å². The van der Waals surface area contributed by atoms with E-state index in [0.29, 0.717) is 37.6 Å². The Hall–Kier alpha value is -4.48. The van der Waals surface area contributed by atoms with Crippen molar-refractivity contribution in [3.63, 3.8) is 0 Å². The average Bonchev–Trinajstić information content (AvgIpc) is 3.02. The van der Waals surface area contributed by atoms with Crippen LogP contribution >= 0.6 is 0 Å². The van der Waals surface area contributed by atoms with Crippen LogP contribution in [0.3, 0.4) is 0 Å². The summed E-state index contributed by atoms with van der Waals surface area (Å²) in [5, 5.41) is 25.8. The van der Waals surface area contributed by atoms with E-state index in [1.54, 1.807) is 18.5 Å². The minimum Gasteiger partial charge on any atom is -0.388 e. The van der Waals surface area contributed by atoms with Gasteiger partial charge in [-0.2, -0.15) is 0 Å². The van der Waals surface area contributed by atoms with Crippen molar-refractivity contribution in [2.75, 3.05) is 43.9 Å². The second-order valence-corrected chi connectivity index (χ2v) is 14.1. The predicted octanol–water partition coefficient (Wildman–Crippen LogP) is 5.30. The summed E-state index contributed by atoms with van der Waals surface area (Å²) in [6.07, 6.45) is 4.27. The van der Waals surface area contributed by atoms with Gasteiger partial charge in [0.25, 0.3) is 5.91 Å². The smallest absolute Gasteiger partial charge is 0.274 e. The van der Waals surface area contributed by atoms with Crippen LogP contribution < -0.4 is 10.6 Å². The molecule has 0 radical (unpaired) electrons. The van der Waals surface area contributed by atoms with Gasteiger partial charge in [-0.25, -0.2) is 0 Å². The standard InChI is InChI=1S/C27H32N4O2.C12H16N2O2/c1-17-12-25(29-13-20(17)14-31-15-27(4,33)16-31)26(32)30-24-11-7-9-22(19(24)3)21-8-6-10-23(28-5)18(21)2;1-9-3-11(6-15)13-4-10(9)5-14-7-12(2,16)8-14/h6-13,28,33H,14-16H2,1-5H3,(H,30,32);3-4,6,16H,5,7-8H2,1-2H3. The van der Waals surface area contributed by atoms with Crippen LogP contribution in [-0.4, -0.2) is 86.6 Å². The molecule has 10 nitrogen and oxygen atoms in total. The van der Waals surface area contributed by atoms with Gasteiger partial charge in [0, 0.05) is 70.1 Å². The van der Waals surface area contributed by atoms with Crippen LogP contribution in [0.4, 0.5) is 11.4 Å². The number of hydrogen-bond acceptors (Lipinski definition) is 9. The molecule has 0 bridgehead atoms. The Kier molecular flexibility index (Phi) is 10.6. The van der Waals surface area contributed by atoms with Crippen molar-refractivity contribution in [2.45, 2.75) is 65.8 Å². The molecule has 0 aliphatic carbocycles. The highest BCUT2D eigenvalue weighted by atomic mass is 16.3. The van der Waals surface area contributed by atoms with Crippen molar-refractivity contribution in [3.05, 3.63) is 106 Å². The fraction of sp³-hybridized carbons (Fsp3) is 0.385. The monoisotopic (exact) mass is 664 g/mol. The zero-order valence-electron chi connectivity index (χ0n) is 29.6. The molecule has 4 heterocycles. The van der Waals surface area contributed by atoms with Gasteiger partial charge < -0.3 is 20.8 Å². The van der Waals surface area contributed by atoms with Crippen LogP contribution in [0.2, 0.25) is 0 Å². The second kappa shape index (κ2) is 14.6. The summed E-state index contributed by atoms with van der Waals surface area (Å²) in [5.74, 6) is -0.225. The molecule has 10 heteroatoms. The SMILES string of the molecule is CNc1cccc(-c2cccc(NC(=O)c3cc(C)c(CN4CC(C)(O)C4)cn3)c2C)c1C.Cc1cc(C=O)ncc1CN1CC(C)(O)C1. The maximum Gasteiger partial charge on any atom is 0.274 e. The summed E-state index contributed by atoms with van der Waals surface area (Å²) in [5.41, 5.74) is 10.3. The number of nitrogens with zero attached hydrogens (tertiary/aromatic N) is 4. The quantitative estimate of drug-likeness (QED) is 0.176. The summed E-state index contributed by atoms with van der Waals surface area (Å²) >= 11 is 0. The third-order valence-corrected chi connectivity index (χ3v) is 9.33. The Morgan fingerprint density at radius 3 is 1.76 bits per heavy atom. The summed E-state index contributed by atoms with van der Waals surface area (Å²) in [6.45, 7) is 16.0. The number of carbonyl (C=O) groups excluding carboxylic acids is 2. The molecule has 2 fully saturated rings. The molecule has 4 N–H and O–H groups in total. The number of hydrogen-bond donors (Lipinski definition) is 4. The zero-order chi connectivity index (χ0) is 35.5. The van der Waals surface area contributed by atoms with Crippen molar-refractivity contribution >= 4 is 23.6 Å². The molecule has 2 saturated heterocycles. The zero-order valence-corrected chi connectivity index (χ0v) is 29.6. The highest BCUT2D eigenvalue weighted by Crippen LogP contribution is 2.34. The molecule has 0 spiro atoms. The fourth-order valence-electron chi connectivity index (χ4n) is 6.70. The number of aldehydes is 1. The summed E-state index contributed by atoms with van der Waals surface area (Å²) in [4.78, 5) is 36.3. The Labute approximate surface area is 289 Å². The van der Waals surface area contributed by atoms with E-state index in [-0.39, 0.29) is 5.91 Å². The molecule has 0 saturated carbocycles. The lowest BCUT2D eigenvalue weighted by molar-refractivity contribution is -0.0875. The molecule has 0 unspecified atom stereocenters. The maximum absolute atomic E-state index is 13.0. The molecule has 6 rings (SSSR count). The Morgan fingerprint density at radius 1 is 0.796 bits per heavy atom. The number of amides is 1. The molecule has 258 valence electrons. The number of nitrogens with one attached hydrogen (secondary N) is 2. The molecule has 4 aromatic rings. The summed E-state index contributed by atoms with van der Waals surface area (Å²) in [6, 6.07) is 15.8. The van der Waals surface area contributed by atoms with E-state index in [0.717, 1.165) is 69.7 Å². The minimum absolute atomic E-state index is 0.225. The molecular weight excluding hydrogens is 616 g/mol. The number of benzene rings is 2. The van der Waals surface area contributed by atoms with Crippen LogP contribution in [0.5, 0.6) is 0 Å². The predicted molar refractivity (Wildman–Crippen MR) is 194 cm³/mol. The highest BCUT2D eigenvalue weighted by molar-refractivity contribution is 6.04. The van der Waals surface area contributed by atoms with Gasteiger partial charge >= 0.3 is 0 Å². The lowest BCUT2D eigenvalue weighted by atomic mass is 9.94. The van der Waals surface area contributed by atoms with E-state index >= 15 is 0 Å². The lowest BCUT2D eigenvalue weighted by Gasteiger charge is -2.44. The Bertz CT molecular complexity index is 1840. The van der Waals surface area contributed by atoms with Crippen LogP contribution in [0.25, 0.3) is 11.1 Å². The second-order valence-electron chi connectivity index (χ2n) is 14.1. The fourth-order valence-corrected chi connectivity index (χ4v) is 6.70. The largest absolute Gasteiger partial charge is 0.388 e. The number of carbonyl (C=O) groups is 2. The topological polar surface area (TPSA) is 131 Å². The number of anilines is 2. The first-order valence-electron chi connectivity index (χ1n) is 16.6. The number of likely N-dealkylation sites (tertiary alicyclic amines) is 2. The molecule has 0 atom stereocenters. The maximum atomic E-state index is 13.0. The molecule has 2 aliphatic rings. The number of rotatable bonds is 9. The van der Waals surface area contributed by atoms with Crippen LogP contribution in [0.15, 0.2) is 60.9 Å². The number of aryl methyl sites for hydroxylation is 2. The summed E-state index contributed by atoms with van der Waals surface area (Å²) in [7, 11) is 1.92. The molecular formula is C39H48N6O4. The van der Waals surface area contributed by atoms with Gasteiger partial charge in [-0.3, -0.25) is 29.4 Å². The molecule has 1 amide bonds. The van der Waals surface area contributed by atoms with E-state index in [4.69, 9.17) is 0 Å². The van der Waals surface area contributed by atoms with E-state index in [2.05, 4.69) is 55.5 Å². The Morgan fingerprint density at radius 2 is 1.29 bits per heavy atom. The van der Waals surface area contributed by atoms with E-state index in [9.17, 15) is 19.8 Å². The van der Waals surface area contributed by atoms with Crippen molar-refractivity contribution in [2.24, 2.45) is 0 Å². The first-order chi connectivity index (χ1) is 23.2. The molecule has 2 aromatic heterocycles. The first kappa shape index (κ1) is 35.8. The highest BCUT2D eigenvalue weighted by Gasteiger charge is 2.37. The van der Waals surface area contributed by atoms with Gasteiger partial charge in [-0.15, -0.1) is 0 Å². The lowest BCUT2D eigenvalue weighted by Crippen LogP contribution is -2.59. The third kappa shape index (κ3) is 8.58. The van der Waals surface area contributed by atoms with Gasteiger partial charge in [-0.05, 0) is 110 Å². The van der Waals surface area contributed by atoms with Crippen molar-refractivity contribution in [3.8, 4) is 11.1 Å². The van der Waals surface area contributed by atoms with E-state index in [1.165, 1.54) is 5.56 Å². The van der Waals surface area contributed by atoms with Gasteiger partial charge in [0.1, 0.15) is 11.4 Å². The van der Waals surface area contributed by atoms with Gasteiger partial charge in [0.05, 0.1) is 11.2 Å². The number of β-amino-alcohol motifs (C(OH)–C–C–N with tert-alkyl or cyclic N) is 2. The molecule has 49 heavy (non-hydrogen) atoms. The normalized spacial score (nSPS) is 16.4. The summed E-state index contributed by atoms with van der Waals surface area (Å²) < 4.78 is 0. The minimum atomic E-state index is -0.597. The number of pyridine rings is 2. The number of aromatic nitrogens is 2. The van der Waals surface area contributed by atoms with Crippen molar-refractivity contribution < 1.29 is 19.8 Å². The van der Waals surface area contributed by atoms with Crippen LogP contribution in [-0.2, 0) is 13.1 Å². The van der Waals surface area contributed by atoms with Gasteiger partial charge in [0.15, 0.2) is 6.29 Å². The van der Waals surface area contributed by atoms with Gasteiger partial charge in [0.2, 0.25) is 0 Å². The van der Waals surface area contributed by atoms with Gasteiger partial charge in [-0.1, -0.05) is 24.3 Å². The third-order valence-electron chi connectivity index (χ3n) is 9.33. The average molecular weight is 665 g/mol.